The summed E-state index contributed by atoms with van der Waals surface area (Å²) in [6, 6.07) is 5.75. The van der Waals surface area contributed by atoms with Crippen LogP contribution in [0.2, 0.25) is 0 Å². The van der Waals surface area contributed by atoms with E-state index in [1.807, 2.05) is 39.0 Å². The molecule has 1 saturated carbocycles. The molecule has 6 heteroatoms. The van der Waals surface area contributed by atoms with E-state index in [9.17, 15) is 14.4 Å². The number of hydrogen-bond donors (Lipinski definition) is 1. The predicted octanol–water partition coefficient (Wildman–Crippen LogP) is 1.90. The van der Waals surface area contributed by atoms with Crippen LogP contribution in [0.1, 0.15) is 24.5 Å². The van der Waals surface area contributed by atoms with Gasteiger partial charge in [0.1, 0.15) is 0 Å². The molecule has 1 fully saturated rings. The van der Waals surface area contributed by atoms with Crippen molar-refractivity contribution in [3.8, 4) is 0 Å². The molecule has 0 radical (unpaired) electrons. The van der Waals surface area contributed by atoms with Gasteiger partial charge < -0.3 is 15.0 Å². The third-order valence-corrected chi connectivity index (χ3v) is 4.30. The second-order valence-electron chi connectivity index (χ2n) is 6.49. The van der Waals surface area contributed by atoms with Gasteiger partial charge in [-0.15, -0.1) is 0 Å². The van der Waals surface area contributed by atoms with Gasteiger partial charge in [0, 0.05) is 12.7 Å². The SMILES string of the molecule is Cc1cccc(C)c1NC(=O)CN(C)C(=O)COC(=O)[C@H]1C[C@H]1C. The number of carbonyl (C=O) groups is 3. The first kappa shape index (κ1) is 18.0. The predicted molar refractivity (Wildman–Crippen MR) is 90.4 cm³/mol. The van der Waals surface area contributed by atoms with Crippen molar-refractivity contribution >= 4 is 23.5 Å². The number of esters is 1. The molecule has 1 N–H and O–H groups in total. The van der Waals surface area contributed by atoms with Crippen LogP contribution in [0, 0.1) is 25.7 Å². The smallest absolute Gasteiger partial charge is 0.309 e. The Labute approximate surface area is 142 Å². The lowest BCUT2D eigenvalue weighted by Gasteiger charge is -2.18. The molecule has 1 aliphatic rings. The van der Waals surface area contributed by atoms with Crippen LogP contribution in [-0.2, 0) is 19.1 Å². The first-order chi connectivity index (χ1) is 11.3. The molecule has 0 heterocycles. The first-order valence-electron chi connectivity index (χ1n) is 8.06. The Kier molecular flexibility index (Phi) is 5.59. The molecule has 1 aromatic rings. The highest BCUT2D eigenvalue weighted by molar-refractivity contribution is 5.96. The van der Waals surface area contributed by atoms with E-state index < -0.39 is 5.91 Å². The summed E-state index contributed by atoms with van der Waals surface area (Å²) in [6.45, 7) is 5.38. The maximum absolute atomic E-state index is 12.1. The molecule has 0 saturated heterocycles. The van der Waals surface area contributed by atoms with Crippen molar-refractivity contribution in [2.75, 3.05) is 25.5 Å². The highest BCUT2D eigenvalue weighted by Crippen LogP contribution is 2.38. The van der Waals surface area contributed by atoms with Crippen molar-refractivity contribution < 1.29 is 19.1 Å². The summed E-state index contributed by atoms with van der Waals surface area (Å²) in [7, 11) is 1.51. The summed E-state index contributed by atoms with van der Waals surface area (Å²) < 4.78 is 5.00. The van der Waals surface area contributed by atoms with Crippen LogP contribution in [0.5, 0.6) is 0 Å². The molecule has 0 spiro atoms. The lowest BCUT2D eigenvalue weighted by Crippen LogP contribution is -2.37. The number of amides is 2. The lowest BCUT2D eigenvalue weighted by molar-refractivity contribution is -0.153. The molecular formula is C18H24N2O4. The minimum atomic E-state index is -0.395. The topological polar surface area (TPSA) is 75.7 Å². The maximum Gasteiger partial charge on any atom is 0.309 e. The van der Waals surface area contributed by atoms with Gasteiger partial charge in [0.05, 0.1) is 12.5 Å². The van der Waals surface area contributed by atoms with Crippen molar-refractivity contribution in [2.45, 2.75) is 27.2 Å². The summed E-state index contributed by atoms with van der Waals surface area (Å²) in [6.07, 6.45) is 0.820. The van der Waals surface area contributed by atoms with Gasteiger partial charge in [0.25, 0.3) is 5.91 Å². The minimum absolute atomic E-state index is 0.0737. The van der Waals surface area contributed by atoms with E-state index in [1.165, 1.54) is 11.9 Å². The number of carbonyl (C=O) groups excluding carboxylic acids is 3. The quantitative estimate of drug-likeness (QED) is 0.807. The molecule has 0 bridgehead atoms. The fraction of sp³-hybridized carbons (Fsp3) is 0.500. The Morgan fingerprint density at radius 1 is 1.25 bits per heavy atom. The van der Waals surface area contributed by atoms with Crippen LogP contribution in [0.25, 0.3) is 0 Å². The van der Waals surface area contributed by atoms with Gasteiger partial charge >= 0.3 is 5.97 Å². The van der Waals surface area contributed by atoms with E-state index in [0.29, 0.717) is 5.92 Å². The van der Waals surface area contributed by atoms with E-state index >= 15 is 0 Å². The molecule has 24 heavy (non-hydrogen) atoms. The summed E-state index contributed by atoms with van der Waals surface area (Å²) in [5, 5.41) is 2.82. The molecule has 1 aliphatic carbocycles. The van der Waals surface area contributed by atoms with Gasteiger partial charge in [-0.2, -0.15) is 0 Å². The van der Waals surface area contributed by atoms with Crippen molar-refractivity contribution in [2.24, 2.45) is 11.8 Å². The summed E-state index contributed by atoms with van der Waals surface area (Å²) in [5.41, 5.74) is 2.69. The normalized spacial score (nSPS) is 18.7. The Morgan fingerprint density at radius 3 is 2.38 bits per heavy atom. The number of ether oxygens (including phenoxy) is 1. The second-order valence-corrected chi connectivity index (χ2v) is 6.49. The lowest BCUT2D eigenvalue weighted by atomic mass is 10.1. The monoisotopic (exact) mass is 332 g/mol. The Morgan fingerprint density at radius 2 is 1.83 bits per heavy atom. The fourth-order valence-electron chi connectivity index (χ4n) is 2.49. The number of para-hydroxylation sites is 1. The maximum atomic E-state index is 12.1. The fourth-order valence-corrected chi connectivity index (χ4v) is 2.49. The zero-order valence-corrected chi connectivity index (χ0v) is 14.6. The molecule has 0 aliphatic heterocycles. The summed E-state index contributed by atoms with van der Waals surface area (Å²) in [4.78, 5) is 36.9. The van der Waals surface area contributed by atoms with E-state index in [0.717, 1.165) is 23.2 Å². The molecule has 2 atom stereocenters. The van der Waals surface area contributed by atoms with E-state index in [2.05, 4.69) is 5.32 Å². The third-order valence-electron chi connectivity index (χ3n) is 4.30. The number of benzene rings is 1. The van der Waals surface area contributed by atoms with Gasteiger partial charge in [-0.25, -0.2) is 0 Å². The van der Waals surface area contributed by atoms with Crippen molar-refractivity contribution in [3.63, 3.8) is 0 Å². The zero-order valence-electron chi connectivity index (χ0n) is 14.6. The summed E-state index contributed by atoms with van der Waals surface area (Å²) >= 11 is 0. The van der Waals surface area contributed by atoms with Gasteiger partial charge in [0.2, 0.25) is 5.91 Å². The minimum Gasteiger partial charge on any atom is -0.455 e. The van der Waals surface area contributed by atoms with Crippen molar-refractivity contribution in [1.29, 1.82) is 0 Å². The number of hydrogen-bond acceptors (Lipinski definition) is 4. The Balaban J connectivity index is 1.80. The average molecular weight is 332 g/mol. The highest BCUT2D eigenvalue weighted by Gasteiger charge is 2.40. The van der Waals surface area contributed by atoms with Crippen LogP contribution in [0.4, 0.5) is 5.69 Å². The van der Waals surface area contributed by atoms with E-state index in [1.54, 1.807) is 0 Å². The molecule has 2 rings (SSSR count). The first-order valence-corrected chi connectivity index (χ1v) is 8.06. The average Bonchev–Trinajstić information content (AvgIpc) is 3.25. The summed E-state index contributed by atoms with van der Waals surface area (Å²) in [5.74, 6) is -0.744. The largest absolute Gasteiger partial charge is 0.455 e. The van der Waals surface area contributed by atoms with E-state index in [-0.39, 0.29) is 30.9 Å². The third kappa shape index (κ3) is 4.57. The number of aryl methyl sites for hydroxylation is 2. The number of nitrogens with zero attached hydrogens (tertiary/aromatic N) is 1. The van der Waals surface area contributed by atoms with Gasteiger partial charge in [-0.05, 0) is 37.3 Å². The number of likely N-dealkylation sites (N-methyl/N-ethyl adjacent to an activating group) is 1. The highest BCUT2D eigenvalue weighted by atomic mass is 16.5. The molecule has 0 aromatic heterocycles. The Hall–Kier alpha value is -2.37. The van der Waals surface area contributed by atoms with E-state index in [4.69, 9.17) is 4.74 Å². The van der Waals surface area contributed by atoms with Crippen LogP contribution in [-0.4, -0.2) is 42.9 Å². The second kappa shape index (κ2) is 7.47. The number of rotatable bonds is 6. The van der Waals surface area contributed by atoms with Crippen LogP contribution < -0.4 is 5.32 Å². The van der Waals surface area contributed by atoms with Crippen LogP contribution in [0.15, 0.2) is 18.2 Å². The molecule has 130 valence electrons. The zero-order chi connectivity index (χ0) is 17.9. The van der Waals surface area contributed by atoms with Crippen molar-refractivity contribution in [3.05, 3.63) is 29.3 Å². The molecular weight excluding hydrogens is 308 g/mol. The number of nitrogens with one attached hydrogen (secondary N) is 1. The van der Waals surface area contributed by atoms with Crippen LogP contribution >= 0.6 is 0 Å². The number of anilines is 1. The Bertz CT molecular complexity index is 636. The van der Waals surface area contributed by atoms with Gasteiger partial charge in [-0.1, -0.05) is 25.1 Å². The molecule has 1 aromatic carbocycles. The van der Waals surface area contributed by atoms with Gasteiger partial charge in [0.15, 0.2) is 6.61 Å². The molecule has 0 unspecified atom stereocenters. The van der Waals surface area contributed by atoms with Crippen LogP contribution in [0.3, 0.4) is 0 Å². The molecule has 2 amide bonds. The standard InChI is InChI=1S/C18H24N2O4/c1-11-6-5-7-12(2)17(11)19-15(21)9-20(4)16(22)10-24-18(23)14-8-13(14)3/h5-7,13-14H,8-10H2,1-4H3,(H,19,21)/t13-,14+/m1/s1. The molecule has 6 nitrogen and oxygen atoms in total. The van der Waals surface area contributed by atoms with Gasteiger partial charge in [-0.3, -0.25) is 14.4 Å². The van der Waals surface area contributed by atoms with Crippen molar-refractivity contribution in [1.82, 2.24) is 4.90 Å².